The molecule has 2 heterocycles. The molecule has 1 aromatic heterocycles. The number of rotatable bonds is 4. The van der Waals surface area contributed by atoms with Crippen LogP contribution in [0.15, 0.2) is 60.9 Å². The first kappa shape index (κ1) is 18.4. The molecule has 3 aromatic rings. The number of pyridine rings is 1. The van der Waals surface area contributed by atoms with Gasteiger partial charge in [0.25, 0.3) is 0 Å². The van der Waals surface area contributed by atoms with E-state index in [1.807, 2.05) is 54.5 Å². The van der Waals surface area contributed by atoms with Gasteiger partial charge in [-0.05, 0) is 48.9 Å². The second-order valence-electron chi connectivity index (χ2n) is 7.57. The Morgan fingerprint density at radius 2 is 1.86 bits per heavy atom. The van der Waals surface area contributed by atoms with Crippen molar-refractivity contribution in [2.75, 3.05) is 18.4 Å². The normalized spacial score (nSPS) is 16.1. The van der Waals surface area contributed by atoms with Gasteiger partial charge in [-0.15, -0.1) is 0 Å². The number of fused-ring (bicyclic) bond motifs is 1. The highest BCUT2D eigenvalue weighted by Crippen LogP contribution is 2.23. The van der Waals surface area contributed by atoms with Crippen molar-refractivity contribution in [3.8, 4) is 0 Å². The van der Waals surface area contributed by atoms with Crippen LogP contribution in [-0.2, 0) is 4.79 Å². The molecule has 0 radical (unpaired) electrons. The Balaban J connectivity index is 1.34. The van der Waals surface area contributed by atoms with Gasteiger partial charge in [0.15, 0.2) is 0 Å². The molecule has 1 atom stereocenters. The van der Waals surface area contributed by atoms with Gasteiger partial charge >= 0.3 is 0 Å². The predicted octanol–water partition coefficient (Wildman–Crippen LogP) is 3.65. The molecule has 28 heavy (non-hydrogen) atoms. The Labute approximate surface area is 165 Å². The highest BCUT2D eigenvalue weighted by atomic mass is 16.2. The van der Waals surface area contributed by atoms with Crippen LogP contribution in [0.2, 0.25) is 0 Å². The molecule has 0 aliphatic carbocycles. The molecule has 1 amide bonds. The Morgan fingerprint density at radius 1 is 1.11 bits per heavy atom. The van der Waals surface area contributed by atoms with E-state index in [1.165, 1.54) is 10.9 Å². The minimum Gasteiger partial charge on any atom is -0.382 e. The minimum atomic E-state index is -0.584. The number of amides is 1. The van der Waals surface area contributed by atoms with E-state index in [1.54, 1.807) is 0 Å². The number of aryl methyl sites for hydroxylation is 1. The number of nitrogens with one attached hydrogen (secondary N) is 1. The third-order valence-electron chi connectivity index (χ3n) is 5.52. The van der Waals surface area contributed by atoms with Crippen LogP contribution in [0, 0.1) is 6.92 Å². The maximum atomic E-state index is 12.8. The van der Waals surface area contributed by atoms with Crippen LogP contribution in [0.4, 0.5) is 5.69 Å². The van der Waals surface area contributed by atoms with Gasteiger partial charge < -0.3 is 16.0 Å². The fourth-order valence-electron chi connectivity index (χ4n) is 3.77. The van der Waals surface area contributed by atoms with Gasteiger partial charge in [0.1, 0.15) is 6.04 Å². The number of piperidine rings is 1. The topological polar surface area (TPSA) is 71.2 Å². The molecule has 4 rings (SSSR count). The van der Waals surface area contributed by atoms with Crippen molar-refractivity contribution in [2.45, 2.75) is 31.8 Å². The molecule has 3 N–H and O–H groups in total. The number of carbonyl (C=O) groups excluding carboxylic acids is 1. The molecule has 1 saturated heterocycles. The lowest BCUT2D eigenvalue weighted by Crippen LogP contribution is -2.45. The molecule has 0 bridgehead atoms. The van der Waals surface area contributed by atoms with Crippen molar-refractivity contribution < 1.29 is 4.79 Å². The highest BCUT2D eigenvalue weighted by Gasteiger charge is 2.27. The summed E-state index contributed by atoms with van der Waals surface area (Å²) in [5.74, 6) is 0.0144. The number of hydrogen-bond acceptors (Lipinski definition) is 4. The lowest BCUT2D eigenvalue weighted by atomic mass is 10.0. The summed E-state index contributed by atoms with van der Waals surface area (Å²) in [7, 11) is 0. The predicted molar refractivity (Wildman–Crippen MR) is 113 cm³/mol. The van der Waals surface area contributed by atoms with Gasteiger partial charge in [-0.3, -0.25) is 9.78 Å². The molecule has 1 fully saturated rings. The largest absolute Gasteiger partial charge is 0.382 e. The number of nitrogens with zero attached hydrogens (tertiary/aromatic N) is 2. The first-order chi connectivity index (χ1) is 13.6. The smallest absolute Gasteiger partial charge is 0.244 e. The molecule has 0 spiro atoms. The van der Waals surface area contributed by atoms with Gasteiger partial charge in [-0.2, -0.15) is 0 Å². The molecular weight excluding hydrogens is 348 g/mol. The number of carbonyl (C=O) groups is 1. The van der Waals surface area contributed by atoms with E-state index >= 15 is 0 Å². The summed E-state index contributed by atoms with van der Waals surface area (Å²) >= 11 is 0. The van der Waals surface area contributed by atoms with Crippen molar-refractivity contribution >= 4 is 22.4 Å². The van der Waals surface area contributed by atoms with Crippen LogP contribution in [0.3, 0.4) is 0 Å². The van der Waals surface area contributed by atoms with Gasteiger partial charge in [0.05, 0.1) is 0 Å². The van der Waals surface area contributed by atoms with E-state index in [9.17, 15) is 4.79 Å². The van der Waals surface area contributed by atoms with Crippen LogP contribution in [-0.4, -0.2) is 34.9 Å². The number of aromatic nitrogens is 1. The zero-order valence-corrected chi connectivity index (χ0v) is 16.1. The van der Waals surface area contributed by atoms with E-state index in [2.05, 4.69) is 28.5 Å². The average Bonchev–Trinajstić information content (AvgIpc) is 2.74. The summed E-state index contributed by atoms with van der Waals surface area (Å²) < 4.78 is 0. The van der Waals surface area contributed by atoms with Crippen molar-refractivity contribution in [3.05, 3.63) is 72.1 Å². The summed E-state index contributed by atoms with van der Waals surface area (Å²) in [6, 6.07) is 16.0. The molecule has 5 nitrogen and oxygen atoms in total. The van der Waals surface area contributed by atoms with Crippen molar-refractivity contribution in [3.63, 3.8) is 0 Å². The van der Waals surface area contributed by atoms with Crippen molar-refractivity contribution in [1.82, 2.24) is 9.88 Å². The minimum absolute atomic E-state index is 0.0144. The Kier molecular flexibility index (Phi) is 5.26. The van der Waals surface area contributed by atoms with Crippen LogP contribution in [0.1, 0.15) is 30.0 Å². The molecule has 0 saturated carbocycles. The SMILES string of the molecule is Cc1ccc(C(N)C(=O)N2CCC(Nc3ccc4cnccc4c3)CC2)cc1. The molecule has 5 heteroatoms. The monoisotopic (exact) mass is 374 g/mol. The fraction of sp³-hybridized carbons (Fsp3) is 0.304. The van der Waals surface area contributed by atoms with Crippen LogP contribution >= 0.6 is 0 Å². The van der Waals surface area contributed by atoms with E-state index in [0.717, 1.165) is 42.6 Å². The van der Waals surface area contributed by atoms with E-state index < -0.39 is 6.04 Å². The molecule has 144 valence electrons. The van der Waals surface area contributed by atoms with Crippen molar-refractivity contribution in [2.24, 2.45) is 5.73 Å². The lowest BCUT2D eigenvalue weighted by molar-refractivity contribution is -0.133. The summed E-state index contributed by atoms with van der Waals surface area (Å²) in [5.41, 5.74) is 9.37. The number of hydrogen-bond donors (Lipinski definition) is 2. The standard InChI is InChI=1S/C23H26N4O/c1-16-2-4-17(5-3-16)22(24)23(28)27-12-9-20(10-13-27)26-21-7-6-19-15-25-11-8-18(19)14-21/h2-8,11,14-15,20,22,26H,9-10,12-13,24H2,1H3. The second-order valence-corrected chi connectivity index (χ2v) is 7.57. The zero-order chi connectivity index (χ0) is 19.5. The summed E-state index contributed by atoms with van der Waals surface area (Å²) in [5, 5.41) is 5.93. The Bertz CT molecular complexity index is 962. The number of benzene rings is 2. The lowest BCUT2D eigenvalue weighted by Gasteiger charge is -2.34. The van der Waals surface area contributed by atoms with Gasteiger partial charge in [-0.1, -0.05) is 35.9 Å². The number of anilines is 1. The second kappa shape index (κ2) is 7.98. The van der Waals surface area contributed by atoms with Gasteiger partial charge in [0.2, 0.25) is 5.91 Å². The average molecular weight is 374 g/mol. The van der Waals surface area contributed by atoms with E-state index in [-0.39, 0.29) is 5.91 Å². The first-order valence-electron chi connectivity index (χ1n) is 9.81. The zero-order valence-electron chi connectivity index (χ0n) is 16.1. The molecular formula is C23H26N4O. The third-order valence-corrected chi connectivity index (χ3v) is 5.52. The Hall–Kier alpha value is -2.92. The quantitative estimate of drug-likeness (QED) is 0.731. The van der Waals surface area contributed by atoms with Crippen LogP contribution in [0.25, 0.3) is 10.8 Å². The maximum absolute atomic E-state index is 12.8. The summed E-state index contributed by atoms with van der Waals surface area (Å²) in [6.45, 7) is 3.49. The molecule has 1 unspecified atom stereocenters. The highest BCUT2D eigenvalue weighted by molar-refractivity contribution is 5.85. The molecule has 1 aliphatic rings. The van der Waals surface area contributed by atoms with E-state index in [4.69, 9.17) is 5.73 Å². The molecule has 2 aromatic carbocycles. The van der Waals surface area contributed by atoms with Gasteiger partial charge in [-0.25, -0.2) is 0 Å². The van der Waals surface area contributed by atoms with Crippen molar-refractivity contribution in [1.29, 1.82) is 0 Å². The Morgan fingerprint density at radius 3 is 2.61 bits per heavy atom. The number of nitrogens with two attached hydrogens (primary N) is 1. The third kappa shape index (κ3) is 3.99. The number of likely N-dealkylation sites (tertiary alicyclic amines) is 1. The first-order valence-corrected chi connectivity index (χ1v) is 9.81. The van der Waals surface area contributed by atoms with Gasteiger partial charge in [0, 0.05) is 42.6 Å². The molecule has 1 aliphatic heterocycles. The van der Waals surface area contributed by atoms with Crippen LogP contribution in [0.5, 0.6) is 0 Å². The summed E-state index contributed by atoms with van der Waals surface area (Å²) in [4.78, 5) is 18.8. The van der Waals surface area contributed by atoms with E-state index in [0.29, 0.717) is 6.04 Å². The fourth-order valence-corrected chi connectivity index (χ4v) is 3.77. The maximum Gasteiger partial charge on any atom is 0.244 e. The van der Waals surface area contributed by atoms with Crippen LogP contribution < -0.4 is 11.1 Å². The summed E-state index contributed by atoms with van der Waals surface area (Å²) in [6.07, 6.45) is 5.52.